The van der Waals surface area contributed by atoms with Gasteiger partial charge in [0.05, 0.1) is 11.5 Å². The summed E-state index contributed by atoms with van der Waals surface area (Å²) in [5.41, 5.74) is 0.588. The van der Waals surface area contributed by atoms with Gasteiger partial charge in [-0.2, -0.15) is 0 Å². The Morgan fingerprint density at radius 3 is 2.35 bits per heavy atom. The molecule has 106 valence electrons. The molecule has 2 fully saturated rings. The van der Waals surface area contributed by atoms with E-state index in [0.717, 1.165) is 24.9 Å². The molecule has 20 heavy (non-hydrogen) atoms. The van der Waals surface area contributed by atoms with Gasteiger partial charge >= 0.3 is 0 Å². The van der Waals surface area contributed by atoms with Gasteiger partial charge in [0.2, 0.25) is 0 Å². The number of rotatable bonds is 4. The minimum absolute atomic E-state index is 0.0252. The largest absolute Gasteiger partial charge is 0.295 e. The number of nitrogens with zero attached hydrogens (tertiary/aromatic N) is 2. The molecule has 0 spiro atoms. The van der Waals surface area contributed by atoms with Gasteiger partial charge in [0.25, 0.3) is 5.69 Å². The number of nitro groups is 1. The van der Waals surface area contributed by atoms with Crippen molar-refractivity contribution < 1.29 is 9.72 Å². The Balaban J connectivity index is 1.60. The van der Waals surface area contributed by atoms with Crippen LogP contribution >= 0.6 is 0 Å². The van der Waals surface area contributed by atoms with Crippen molar-refractivity contribution in [2.75, 3.05) is 19.6 Å². The van der Waals surface area contributed by atoms with E-state index in [4.69, 9.17) is 0 Å². The summed E-state index contributed by atoms with van der Waals surface area (Å²) in [7, 11) is 0. The maximum absolute atomic E-state index is 12.2. The summed E-state index contributed by atoms with van der Waals surface area (Å²) in [6.07, 6.45) is 3.93. The Hall–Kier alpha value is -1.75. The summed E-state index contributed by atoms with van der Waals surface area (Å²) in [6, 6.07) is 5.90. The smallest absolute Gasteiger partial charge is 0.269 e. The zero-order valence-electron chi connectivity index (χ0n) is 11.3. The normalized spacial score (nSPS) is 25.6. The number of ketones is 1. The highest BCUT2D eigenvalue weighted by Crippen LogP contribution is 2.37. The number of hydrogen-bond donors (Lipinski definition) is 0. The molecule has 1 saturated carbocycles. The molecule has 2 aliphatic rings. The van der Waals surface area contributed by atoms with Crippen LogP contribution in [-0.4, -0.2) is 35.2 Å². The summed E-state index contributed by atoms with van der Waals surface area (Å²) in [6.45, 7) is 2.50. The van der Waals surface area contributed by atoms with Crippen molar-refractivity contribution in [3.63, 3.8) is 0 Å². The molecule has 1 saturated heterocycles. The van der Waals surface area contributed by atoms with E-state index in [1.54, 1.807) is 12.1 Å². The van der Waals surface area contributed by atoms with Gasteiger partial charge in [-0.3, -0.25) is 19.8 Å². The standard InChI is InChI=1S/C15H18N2O3/c18-15(11-4-6-14(7-5-11)17(19)20)10-16-8-12-2-1-3-13(12)9-16/h4-7,12-13H,1-3,8-10H2. The highest BCUT2D eigenvalue weighted by Gasteiger charge is 2.36. The zero-order valence-corrected chi connectivity index (χ0v) is 11.3. The van der Waals surface area contributed by atoms with Crippen molar-refractivity contribution in [3.8, 4) is 0 Å². The van der Waals surface area contributed by atoms with Crippen LogP contribution in [0.3, 0.4) is 0 Å². The number of carbonyl (C=O) groups excluding carboxylic acids is 1. The zero-order chi connectivity index (χ0) is 14.1. The fraction of sp³-hybridized carbons (Fsp3) is 0.533. The first-order chi connectivity index (χ1) is 9.63. The van der Waals surface area contributed by atoms with Crippen molar-refractivity contribution in [1.29, 1.82) is 0 Å². The van der Waals surface area contributed by atoms with Crippen LogP contribution in [0.1, 0.15) is 29.6 Å². The van der Waals surface area contributed by atoms with Crippen LogP contribution in [0.4, 0.5) is 5.69 Å². The van der Waals surface area contributed by atoms with Crippen LogP contribution < -0.4 is 0 Å². The molecule has 1 aliphatic heterocycles. The average molecular weight is 274 g/mol. The molecule has 5 heteroatoms. The van der Waals surface area contributed by atoms with Gasteiger partial charge in [0.1, 0.15) is 0 Å². The summed E-state index contributed by atoms with van der Waals surface area (Å²) in [4.78, 5) is 24.6. The third kappa shape index (κ3) is 2.58. The maximum Gasteiger partial charge on any atom is 0.269 e. The quantitative estimate of drug-likeness (QED) is 0.481. The van der Waals surface area contributed by atoms with Crippen molar-refractivity contribution in [3.05, 3.63) is 39.9 Å². The summed E-state index contributed by atoms with van der Waals surface area (Å²) >= 11 is 0. The fourth-order valence-corrected chi connectivity index (χ4v) is 3.52. The number of Topliss-reactive ketones (excluding diaryl/α,β-unsaturated/α-hetero) is 1. The van der Waals surface area contributed by atoms with Gasteiger partial charge in [-0.1, -0.05) is 6.42 Å². The first kappa shape index (κ1) is 13.2. The second kappa shape index (κ2) is 5.32. The van der Waals surface area contributed by atoms with E-state index in [-0.39, 0.29) is 11.5 Å². The maximum atomic E-state index is 12.2. The SMILES string of the molecule is O=C(CN1CC2CCCC2C1)c1ccc([N+](=O)[O-])cc1. The highest BCUT2D eigenvalue weighted by atomic mass is 16.6. The summed E-state index contributed by atoms with van der Waals surface area (Å²) < 4.78 is 0. The lowest BCUT2D eigenvalue weighted by Crippen LogP contribution is -2.28. The van der Waals surface area contributed by atoms with Crippen LogP contribution in [0, 0.1) is 22.0 Å². The van der Waals surface area contributed by atoms with Gasteiger partial charge in [-0.05, 0) is 36.8 Å². The van der Waals surface area contributed by atoms with E-state index in [1.807, 2.05) is 0 Å². The molecule has 0 amide bonds. The van der Waals surface area contributed by atoms with Crippen LogP contribution in [0.25, 0.3) is 0 Å². The minimum atomic E-state index is -0.448. The number of fused-ring (bicyclic) bond motifs is 1. The molecule has 0 bridgehead atoms. The lowest BCUT2D eigenvalue weighted by atomic mass is 10.0. The predicted molar refractivity (Wildman–Crippen MR) is 74.7 cm³/mol. The van der Waals surface area contributed by atoms with Crippen molar-refractivity contribution in [1.82, 2.24) is 4.90 Å². The Morgan fingerprint density at radius 2 is 1.80 bits per heavy atom. The number of hydrogen-bond acceptors (Lipinski definition) is 4. The molecule has 2 unspecified atom stereocenters. The van der Waals surface area contributed by atoms with Crippen molar-refractivity contribution in [2.24, 2.45) is 11.8 Å². The van der Waals surface area contributed by atoms with E-state index in [9.17, 15) is 14.9 Å². The summed E-state index contributed by atoms with van der Waals surface area (Å²) in [5.74, 6) is 1.61. The molecule has 5 nitrogen and oxygen atoms in total. The fourth-order valence-electron chi connectivity index (χ4n) is 3.52. The molecule has 1 aromatic carbocycles. The molecule has 1 heterocycles. The van der Waals surface area contributed by atoms with Gasteiger partial charge in [-0.25, -0.2) is 0 Å². The van der Waals surface area contributed by atoms with E-state index in [1.165, 1.54) is 31.4 Å². The Kier molecular flexibility index (Phi) is 3.53. The molecular formula is C15H18N2O3. The topological polar surface area (TPSA) is 63.5 Å². The first-order valence-electron chi connectivity index (χ1n) is 7.13. The number of carbonyl (C=O) groups is 1. The van der Waals surface area contributed by atoms with Gasteiger partial charge in [0, 0.05) is 30.8 Å². The summed E-state index contributed by atoms with van der Waals surface area (Å²) in [5, 5.41) is 10.6. The molecule has 0 aromatic heterocycles. The van der Waals surface area contributed by atoms with Gasteiger partial charge < -0.3 is 0 Å². The molecule has 1 aliphatic carbocycles. The lowest BCUT2D eigenvalue weighted by molar-refractivity contribution is -0.384. The number of benzene rings is 1. The molecule has 3 rings (SSSR count). The third-order valence-electron chi connectivity index (χ3n) is 4.57. The monoisotopic (exact) mass is 274 g/mol. The Bertz CT molecular complexity index is 514. The molecule has 1 aromatic rings. The highest BCUT2D eigenvalue weighted by molar-refractivity contribution is 5.97. The third-order valence-corrected chi connectivity index (χ3v) is 4.57. The van der Waals surface area contributed by atoms with Gasteiger partial charge in [-0.15, -0.1) is 0 Å². The number of nitro benzene ring substituents is 1. The molecular weight excluding hydrogens is 256 g/mol. The van der Waals surface area contributed by atoms with E-state index >= 15 is 0 Å². The van der Waals surface area contributed by atoms with Crippen LogP contribution in [-0.2, 0) is 0 Å². The van der Waals surface area contributed by atoms with E-state index in [2.05, 4.69) is 4.90 Å². The molecule has 0 radical (unpaired) electrons. The van der Waals surface area contributed by atoms with Crippen molar-refractivity contribution in [2.45, 2.75) is 19.3 Å². The van der Waals surface area contributed by atoms with Gasteiger partial charge in [0.15, 0.2) is 5.78 Å². The molecule has 2 atom stereocenters. The van der Waals surface area contributed by atoms with E-state index < -0.39 is 4.92 Å². The van der Waals surface area contributed by atoms with Crippen LogP contribution in [0.15, 0.2) is 24.3 Å². The first-order valence-corrected chi connectivity index (χ1v) is 7.13. The van der Waals surface area contributed by atoms with Crippen LogP contribution in [0.2, 0.25) is 0 Å². The van der Waals surface area contributed by atoms with Crippen molar-refractivity contribution >= 4 is 11.5 Å². The van der Waals surface area contributed by atoms with Crippen LogP contribution in [0.5, 0.6) is 0 Å². The lowest BCUT2D eigenvalue weighted by Gasteiger charge is -2.15. The average Bonchev–Trinajstić information content (AvgIpc) is 2.99. The predicted octanol–water partition coefficient (Wildman–Crippen LogP) is 2.51. The Morgan fingerprint density at radius 1 is 1.20 bits per heavy atom. The second-order valence-corrected chi connectivity index (χ2v) is 5.87. The Labute approximate surface area is 117 Å². The number of non-ortho nitro benzene ring substituents is 1. The molecule has 0 N–H and O–H groups in total. The number of likely N-dealkylation sites (tertiary alicyclic amines) is 1. The minimum Gasteiger partial charge on any atom is -0.295 e. The second-order valence-electron chi connectivity index (χ2n) is 5.87. The van der Waals surface area contributed by atoms with E-state index in [0.29, 0.717) is 12.1 Å².